The van der Waals surface area contributed by atoms with Gasteiger partial charge in [-0.05, 0) is 115 Å². The molecule has 28 heteroatoms. The van der Waals surface area contributed by atoms with Gasteiger partial charge in [0.1, 0.15) is 0 Å². The number of hydrogen-bond acceptors (Lipinski definition) is 25. The van der Waals surface area contributed by atoms with Crippen LogP contribution in [0.15, 0.2) is 78.9 Å². The van der Waals surface area contributed by atoms with Crippen LogP contribution in [0, 0.1) is 23.7 Å². The molecule has 0 radical (unpaired) electrons. The number of ether oxygens (including phenoxy) is 10. The number of aryl methyl sites for hydroxylation is 1. The van der Waals surface area contributed by atoms with Crippen molar-refractivity contribution in [1.29, 1.82) is 0 Å². The molecule has 0 aliphatic heterocycles. The van der Waals surface area contributed by atoms with Gasteiger partial charge in [0.05, 0.1) is 172 Å². The molecule has 0 aliphatic carbocycles. The average Bonchev–Trinajstić information content (AvgIpc) is 0.787. The summed E-state index contributed by atoms with van der Waals surface area (Å²) < 4.78 is 120. The summed E-state index contributed by atoms with van der Waals surface area (Å²) in [5.74, 6) is 14.8. The molecule has 94 heavy (non-hydrogen) atoms. The van der Waals surface area contributed by atoms with Gasteiger partial charge >= 0.3 is 0 Å². The minimum atomic E-state index is -4.53. The summed E-state index contributed by atoms with van der Waals surface area (Å²) in [5.41, 5.74) is 6.96. The first kappa shape index (κ1) is 82.6. The minimum Gasteiger partial charge on any atom is -0.756 e. The molecular weight excluding hydrogens is 1300 g/mol. The number of fused-ring (bicyclic) bond motifs is 1. The number of anilines is 2. The zero-order valence-corrected chi connectivity index (χ0v) is 58.9. The molecule has 4 rings (SSSR count). The monoisotopic (exact) mass is 1400 g/mol. The maximum absolute atomic E-state index is 12.5. The van der Waals surface area contributed by atoms with E-state index in [1.165, 1.54) is 0 Å². The lowest BCUT2D eigenvalue weighted by atomic mass is 9.92. The first-order valence-corrected chi connectivity index (χ1v) is 37.6. The van der Waals surface area contributed by atoms with E-state index in [1.807, 2.05) is 64.6 Å². The van der Waals surface area contributed by atoms with Crippen LogP contribution in [0.1, 0.15) is 72.8 Å². The van der Waals surface area contributed by atoms with Crippen LogP contribution in [0.25, 0.3) is 10.8 Å². The van der Waals surface area contributed by atoms with Crippen LogP contribution in [-0.4, -0.2) is 212 Å². The molecule has 0 fully saturated rings. The van der Waals surface area contributed by atoms with E-state index in [1.54, 1.807) is 11.8 Å². The van der Waals surface area contributed by atoms with Gasteiger partial charge in [-0.1, -0.05) is 67.2 Å². The molecule has 0 saturated carbocycles. The maximum Gasteiger partial charge on any atom is 0.268 e. The van der Waals surface area contributed by atoms with Gasteiger partial charge in [0, 0.05) is 61.8 Å². The summed E-state index contributed by atoms with van der Waals surface area (Å²) in [6, 6.07) is 26.7. The molecule has 0 aliphatic rings. The van der Waals surface area contributed by atoms with Crippen molar-refractivity contribution in [2.24, 2.45) is 0 Å². The Labute approximate surface area is 561 Å². The quantitative estimate of drug-likeness (QED) is 0.0229. The molecule has 3 unspecified atom stereocenters. The van der Waals surface area contributed by atoms with Gasteiger partial charge < -0.3 is 99.0 Å². The zero-order chi connectivity index (χ0) is 67.6. The van der Waals surface area contributed by atoms with E-state index in [4.69, 9.17) is 74.5 Å². The highest BCUT2D eigenvalue weighted by atomic mass is 32.2. The number of phosphoric ester groups is 3. The predicted molar refractivity (Wildman–Crippen MR) is 359 cm³/mol. The van der Waals surface area contributed by atoms with Gasteiger partial charge in [-0.15, -0.1) is 0 Å². The molecule has 4 aromatic carbocycles. The summed E-state index contributed by atoms with van der Waals surface area (Å²) in [6.45, 7) is 4.22. The van der Waals surface area contributed by atoms with E-state index in [0.717, 1.165) is 81.4 Å². The van der Waals surface area contributed by atoms with E-state index < -0.39 is 23.5 Å². The van der Waals surface area contributed by atoms with Gasteiger partial charge in [0.15, 0.2) is 0 Å². The molecule has 0 bridgehead atoms. The van der Waals surface area contributed by atoms with E-state index in [9.17, 15) is 28.4 Å². The van der Waals surface area contributed by atoms with E-state index >= 15 is 0 Å². The second-order valence-corrected chi connectivity index (χ2v) is 26.3. The Morgan fingerprint density at radius 2 is 0.670 bits per heavy atom. The van der Waals surface area contributed by atoms with Gasteiger partial charge in [0.2, 0.25) is 0 Å². The number of nitrogens with zero attached hydrogens (tertiary/aromatic N) is 2. The highest BCUT2D eigenvalue weighted by molar-refractivity contribution is 7.98. The third-order valence-corrected chi connectivity index (χ3v) is 17.0. The van der Waals surface area contributed by atoms with Crippen LogP contribution in [0.2, 0.25) is 0 Å². The first-order chi connectivity index (χ1) is 45.6. The van der Waals surface area contributed by atoms with Crippen molar-refractivity contribution in [3.63, 3.8) is 0 Å². The van der Waals surface area contributed by atoms with Crippen LogP contribution in [0.4, 0.5) is 11.4 Å². The normalized spacial score (nSPS) is 13.4. The molecule has 0 amide bonds. The molecule has 0 spiro atoms. The van der Waals surface area contributed by atoms with Gasteiger partial charge in [-0.3, -0.25) is 13.7 Å². The summed E-state index contributed by atoms with van der Waals surface area (Å²) >= 11 is 1.79. The lowest BCUT2D eigenvalue weighted by Gasteiger charge is -2.22. The molecule has 528 valence electrons. The highest BCUT2D eigenvalue weighted by Crippen LogP contribution is 2.40. The van der Waals surface area contributed by atoms with Crippen molar-refractivity contribution in [2.75, 3.05) is 222 Å². The lowest BCUT2D eigenvalue weighted by molar-refractivity contribution is -0.228. The number of rotatable bonds is 57. The van der Waals surface area contributed by atoms with Crippen molar-refractivity contribution >= 4 is 57.4 Å². The standard InChI is InChI=1S/C66H101N2O22P3S/c1-67(2)62-25-19-58(20-26-62)18-24-61-57-60(65(66-17-11-10-16-64(61)66)29-23-59-21-27-63(28-22-59)68(3)4)15-9-8-13-31-86-92(71,72)88-53-49-82-45-41-78-37-33-76-35-39-80-43-47-84-51-55-90-93(73,74)89-54-50-83-46-42-79-38-34-75-32-36-77-40-44-81-48-52-87-91(69,70)85-30-12-6-7-14-56-94-5/h10-11,16-17,19-22,25-28,57H,6-9,12-15,30-56H2,1-5H3,(H,69,70)(H,71,72)(H,73,74)/p-3. The predicted octanol–water partition coefficient (Wildman–Crippen LogP) is 8.08. The van der Waals surface area contributed by atoms with Crippen molar-refractivity contribution in [3.8, 4) is 23.7 Å². The van der Waals surface area contributed by atoms with Crippen LogP contribution in [0.3, 0.4) is 0 Å². The van der Waals surface area contributed by atoms with Crippen molar-refractivity contribution in [2.45, 2.75) is 51.4 Å². The zero-order valence-electron chi connectivity index (χ0n) is 55.4. The number of unbranched alkanes of at least 4 members (excludes halogenated alkanes) is 5. The Hall–Kier alpha value is -3.86. The fraction of sp³-hybridized carbons (Fsp3) is 0.606. The van der Waals surface area contributed by atoms with Crippen molar-refractivity contribution in [1.82, 2.24) is 0 Å². The molecule has 0 aromatic heterocycles. The average molecular weight is 1400 g/mol. The maximum atomic E-state index is 12.5. The fourth-order valence-corrected chi connectivity index (χ4v) is 11.0. The largest absolute Gasteiger partial charge is 0.756 e. The Bertz CT molecular complexity index is 2910. The van der Waals surface area contributed by atoms with Crippen molar-refractivity contribution in [3.05, 3.63) is 107 Å². The Kier molecular flexibility index (Phi) is 45.1. The summed E-state index contributed by atoms with van der Waals surface area (Å²) in [7, 11) is -5.36. The van der Waals surface area contributed by atoms with Crippen LogP contribution in [0.5, 0.6) is 0 Å². The SMILES string of the molecule is CSCCCCCCOP(=O)([O-])OCCOCCOCCOCCOCCOCCOP(=O)([O-])OCCOCCOCCOCCOCCOCCOP(=O)([O-])OCCCCCc1cc(C#Cc2ccc(N(C)C)cc2)c2ccccc2c1C#Cc1ccc(N(C)C)cc1. The number of hydrogen-bond donors (Lipinski definition) is 0. The molecule has 4 aromatic rings. The smallest absolute Gasteiger partial charge is 0.268 e. The van der Waals surface area contributed by atoms with E-state index in [-0.39, 0.29) is 112 Å². The lowest BCUT2D eigenvalue weighted by Crippen LogP contribution is -2.17. The summed E-state index contributed by atoms with van der Waals surface area (Å²) in [6.07, 6.45) is 8.50. The molecule has 0 saturated heterocycles. The second kappa shape index (κ2) is 51.3. The fourth-order valence-electron chi connectivity index (χ4n) is 8.40. The molecule has 3 atom stereocenters. The number of thioether (sulfide) groups is 1. The van der Waals surface area contributed by atoms with Crippen LogP contribution < -0.4 is 24.5 Å². The summed E-state index contributed by atoms with van der Waals surface area (Å²) in [5, 5.41) is 2.05. The topological polar surface area (TPSA) is 275 Å². The van der Waals surface area contributed by atoms with E-state index in [0.29, 0.717) is 85.1 Å². The number of benzene rings is 4. The minimum absolute atomic E-state index is 0.00638. The third kappa shape index (κ3) is 40.1. The van der Waals surface area contributed by atoms with Gasteiger partial charge in [0.25, 0.3) is 23.5 Å². The summed E-state index contributed by atoms with van der Waals surface area (Å²) in [4.78, 5) is 40.3. The van der Waals surface area contributed by atoms with Crippen LogP contribution >= 0.6 is 35.2 Å². The highest BCUT2D eigenvalue weighted by Gasteiger charge is 2.14. The van der Waals surface area contributed by atoms with E-state index in [2.05, 4.69) is 82.2 Å². The Balaban J connectivity index is 0.904. The third-order valence-electron chi connectivity index (χ3n) is 13.3. The number of phosphoric acid groups is 3. The molecule has 0 heterocycles. The molecular formula is C66H98N2O22P3S-3. The Morgan fingerprint density at radius 1 is 0.362 bits per heavy atom. The van der Waals surface area contributed by atoms with Gasteiger partial charge in [-0.25, -0.2) is 0 Å². The Morgan fingerprint density at radius 3 is 1.02 bits per heavy atom. The molecule has 0 N–H and O–H groups in total. The van der Waals surface area contributed by atoms with Crippen LogP contribution in [-0.2, 0) is 94.6 Å². The van der Waals surface area contributed by atoms with Crippen molar-refractivity contribution < 1.29 is 103 Å². The van der Waals surface area contributed by atoms with Gasteiger partial charge in [-0.2, -0.15) is 11.8 Å². The molecule has 24 nitrogen and oxygen atoms in total. The first-order valence-electron chi connectivity index (χ1n) is 31.8. The second-order valence-electron chi connectivity index (χ2n) is 21.1.